The lowest BCUT2D eigenvalue weighted by molar-refractivity contribution is -0.100. The molecule has 0 amide bonds. The van der Waals surface area contributed by atoms with Crippen LogP contribution in [0.3, 0.4) is 0 Å². The molecule has 11 saturated heterocycles. The third-order valence-electron chi connectivity index (χ3n) is 25.8. The summed E-state index contributed by atoms with van der Waals surface area (Å²) >= 11 is 0. The van der Waals surface area contributed by atoms with E-state index in [4.69, 9.17) is 28.4 Å². The number of ether oxygens (including phenoxy) is 6. The maximum atomic E-state index is 6.27. The summed E-state index contributed by atoms with van der Waals surface area (Å²) in [6.45, 7) is 41.2. The van der Waals surface area contributed by atoms with Gasteiger partial charge in [0.1, 0.15) is 0 Å². The first-order chi connectivity index (χ1) is 42.5. The Morgan fingerprint density at radius 1 is 0.409 bits per heavy atom. The van der Waals surface area contributed by atoms with Crippen molar-refractivity contribution in [3.05, 3.63) is 102 Å². The standard InChI is InChI=1S/C26H40N2O2.C26H39NO2.C25H38N2O2/c1-18-11-25(24(20(3)19(18)2)12-21-7-10-29-14-21)22-5-8-28(9-6-22)23-13-26(30-15-23)16-27(4)17-26;1-18-13-25(24(20(3)19(18)2)14-21-7-12-28-16-21)22-5-10-27(11-6-22)23-15-26(29-17-23)8-4-9-26;1-17-10-24(23(19(3)18(17)2)11-20-6-9-28-13-20)21-4-7-27(8-5-21)22-12-25(29-14-22)15-26-16-25/h11,21-23H,5-10,12-17H2,1-4H3;13,21-23H,4-12,14-17H2,1-3H3;10,20-22,26H,4-9,11-16H2,1-3H3/t2*21?,23-;20?,22-/m000/s1. The lowest BCUT2D eigenvalue weighted by Crippen LogP contribution is -2.60. The molecule has 1 saturated carbocycles. The SMILES string of the molecule is Cc1cc(C2CCN([C@@H]3COC4(C3)CN(C)C4)CC2)c(CC2CCOC2)c(C)c1C.Cc1cc(C2CCN([C@@H]3COC4(CCC4)C3)CC2)c(CC2CCOC2)c(C)c1C.Cc1cc(C2CCN([C@@H]3COC4(CNC4)C3)CC2)c(CC2CCOC2)c(C)c1C. The van der Waals surface area contributed by atoms with Crippen LogP contribution in [0.5, 0.6) is 0 Å². The Kier molecular flexibility index (Phi) is 19.8. The maximum Gasteiger partial charge on any atom is 0.0951 e. The van der Waals surface area contributed by atoms with Gasteiger partial charge in [0.2, 0.25) is 0 Å². The van der Waals surface area contributed by atoms with Crippen LogP contribution in [0.25, 0.3) is 0 Å². The molecule has 3 aromatic carbocycles. The average molecular weight is 1210 g/mol. The Morgan fingerprint density at radius 2 is 0.739 bits per heavy atom. The summed E-state index contributed by atoms with van der Waals surface area (Å²) in [7, 11) is 2.20. The third kappa shape index (κ3) is 13.6. The average Bonchev–Trinajstić information content (AvgIpc) is 2.89. The highest BCUT2D eigenvalue weighted by molar-refractivity contribution is 5.49. The molecule has 88 heavy (non-hydrogen) atoms. The fraction of sp³-hybridized carbons (Fsp3) is 0.766. The zero-order valence-corrected chi connectivity index (χ0v) is 56.8. The molecule has 12 aliphatic rings. The van der Waals surface area contributed by atoms with Crippen molar-refractivity contribution >= 4 is 0 Å². The van der Waals surface area contributed by atoms with Crippen molar-refractivity contribution in [1.82, 2.24) is 24.9 Å². The zero-order chi connectivity index (χ0) is 60.9. The van der Waals surface area contributed by atoms with E-state index in [1.54, 1.807) is 44.5 Å². The molecule has 1 aliphatic carbocycles. The van der Waals surface area contributed by atoms with Crippen LogP contribution in [0.2, 0.25) is 0 Å². The van der Waals surface area contributed by atoms with Gasteiger partial charge < -0.3 is 38.6 Å². The highest BCUT2D eigenvalue weighted by Gasteiger charge is 2.51. The van der Waals surface area contributed by atoms with Crippen LogP contribution in [0.15, 0.2) is 18.2 Å². The predicted molar refractivity (Wildman–Crippen MR) is 356 cm³/mol. The molecule has 3 spiro atoms. The van der Waals surface area contributed by atoms with Crippen LogP contribution in [0, 0.1) is 80.1 Å². The molecule has 0 radical (unpaired) electrons. The van der Waals surface area contributed by atoms with Crippen LogP contribution in [0.4, 0.5) is 0 Å². The first-order valence-corrected chi connectivity index (χ1v) is 36.1. The molecule has 11 heteroatoms. The summed E-state index contributed by atoms with van der Waals surface area (Å²) in [6.07, 6.45) is 22.8. The summed E-state index contributed by atoms with van der Waals surface area (Å²) in [5.74, 6) is 4.27. The largest absolute Gasteiger partial charge is 0.381 e. The molecule has 15 rings (SSSR count). The number of benzene rings is 3. The summed E-state index contributed by atoms with van der Waals surface area (Å²) in [6, 6.07) is 9.54. The van der Waals surface area contributed by atoms with Gasteiger partial charge in [0, 0.05) is 83.9 Å². The molecule has 6 atom stereocenters. The minimum atomic E-state index is 0.170. The highest BCUT2D eigenvalue weighted by Crippen LogP contribution is 2.47. The van der Waals surface area contributed by atoms with Gasteiger partial charge in [-0.3, -0.25) is 14.7 Å². The van der Waals surface area contributed by atoms with E-state index in [2.05, 4.69) is 112 Å². The van der Waals surface area contributed by atoms with Crippen LogP contribution < -0.4 is 5.32 Å². The second-order valence-corrected chi connectivity index (χ2v) is 31.5. The molecule has 1 N–H and O–H groups in total. The van der Waals surface area contributed by atoms with E-state index in [9.17, 15) is 0 Å². The Labute approximate surface area is 532 Å². The smallest absolute Gasteiger partial charge is 0.0951 e. The Bertz CT molecular complexity index is 2740. The van der Waals surface area contributed by atoms with Crippen LogP contribution in [-0.2, 0) is 47.7 Å². The molecular weight excluding hydrogens is 1090 g/mol. The molecular formula is C77H117N5O6. The van der Waals surface area contributed by atoms with Gasteiger partial charge in [0.25, 0.3) is 0 Å². The Balaban J connectivity index is 0.000000122. The quantitative estimate of drug-likeness (QED) is 0.188. The summed E-state index contributed by atoms with van der Waals surface area (Å²) in [5, 5.41) is 3.39. The summed E-state index contributed by atoms with van der Waals surface area (Å²) in [4.78, 5) is 10.6. The number of piperidine rings is 3. The van der Waals surface area contributed by atoms with Crippen molar-refractivity contribution in [3.8, 4) is 0 Å². The van der Waals surface area contributed by atoms with Crippen molar-refractivity contribution in [2.75, 3.05) is 132 Å². The molecule has 3 unspecified atom stereocenters. The topological polar surface area (TPSA) is 80.4 Å². The van der Waals surface area contributed by atoms with Gasteiger partial charge in [0.05, 0.1) is 36.6 Å². The zero-order valence-electron chi connectivity index (χ0n) is 56.8. The van der Waals surface area contributed by atoms with Gasteiger partial charge in [-0.15, -0.1) is 0 Å². The number of aryl methyl sites for hydroxylation is 3. The first kappa shape index (κ1) is 64.0. The van der Waals surface area contributed by atoms with E-state index in [0.717, 1.165) is 91.6 Å². The fourth-order valence-corrected chi connectivity index (χ4v) is 19.1. The van der Waals surface area contributed by atoms with Crippen molar-refractivity contribution in [3.63, 3.8) is 0 Å². The minimum Gasteiger partial charge on any atom is -0.381 e. The number of nitrogens with zero attached hydrogens (tertiary/aromatic N) is 4. The second kappa shape index (κ2) is 27.3. The Hall–Kier alpha value is -2.78. The molecule has 11 heterocycles. The van der Waals surface area contributed by atoms with E-state index in [1.165, 1.54) is 194 Å². The van der Waals surface area contributed by atoms with Crippen LogP contribution in [-0.4, -0.2) is 186 Å². The van der Waals surface area contributed by atoms with Crippen molar-refractivity contribution < 1.29 is 28.4 Å². The number of nitrogens with one attached hydrogen (secondary N) is 1. The van der Waals surface area contributed by atoms with Gasteiger partial charge in [-0.25, -0.2) is 0 Å². The molecule has 0 bridgehead atoms. The van der Waals surface area contributed by atoms with E-state index >= 15 is 0 Å². The second-order valence-electron chi connectivity index (χ2n) is 31.5. The van der Waals surface area contributed by atoms with E-state index in [1.807, 2.05) is 0 Å². The maximum absolute atomic E-state index is 6.27. The molecule has 486 valence electrons. The van der Waals surface area contributed by atoms with Crippen molar-refractivity contribution in [1.29, 1.82) is 0 Å². The van der Waals surface area contributed by atoms with Crippen molar-refractivity contribution in [2.45, 2.75) is 231 Å². The number of likely N-dealkylation sites (N-methyl/N-ethyl adjacent to an activating group) is 1. The monoisotopic (exact) mass is 1210 g/mol. The summed E-state index contributed by atoms with van der Waals surface area (Å²) < 4.78 is 35.8. The molecule has 0 aromatic heterocycles. The van der Waals surface area contributed by atoms with E-state index in [0.29, 0.717) is 47.7 Å². The van der Waals surface area contributed by atoms with Gasteiger partial charge in [0.15, 0.2) is 0 Å². The fourth-order valence-electron chi connectivity index (χ4n) is 19.1. The lowest BCUT2D eigenvalue weighted by Gasteiger charge is -2.45. The summed E-state index contributed by atoms with van der Waals surface area (Å²) in [5.41, 5.74) is 24.1. The number of hydrogen-bond acceptors (Lipinski definition) is 11. The molecule has 11 aliphatic heterocycles. The minimum absolute atomic E-state index is 0.170. The number of rotatable bonds is 12. The number of likely N-dealkylation sites (tertiary alicyclic amines) is 4. The van der Waals surface area contributed by atoms with Gasteiger partial charge in [-0.1, -0.05) is 18.2 Å². The van der Waals surface area contributed by atoms with Gasteiger partial charge in [-0.2, -0.15) is 0 Å². The molecule has 3 aromatic rings. The third-order valence-corrected chi connectivity index (χ3v) is 25.8. The predicted octanol–water partition coefficient (Wildman–Crippen LogP) is 12.4. The molecule has 12 fully saturated rings. The normalized spacial score (nSPS) is 30.2. The number of hydrogen-bond donors (Lipinski definition) is 1. The Morgan fingerprint density at radius 3 is 1.01 bits per heavy atom. The van der Waals surface area contributed by atoms with E-state index in [-0.39, 0.29) is 16.8 Å². The van der Waals surface area contributed by atoms with Gasteiger partial charge >= 0.3 is 0 Å². The highest BCUT2D eigenvalue weighted by atomic mass is 16.5. The first-order valence-electron chi connectivity index (χ1n) is 36.1. The van der Waals surface area contributed by atoms with Crippen LogP contribution in [0.1, 0.15) is 198 Å². The molecule has 11 nitrogen and oxygen atoms in total. The van der Waals surface area contributed by atoms with Crippen LogP contribution >= 0.6 is 0 Å². The van der Waals surface area contributed by atoms with Crippen molar-refractivity contribution in [2.24, 2.45) is 17.8 Å². The van der Waals surface area contributed by atoms with Gasteiger partial charge in [-0.05, 0) is 343 Å². The lowest BCUT2D eigenvalue weighted by atomic mass is 9.76. The van der Waals surface area contributed by atoms with E-state index < -0.39 is 0 Å².